The minimum absolute atomic E-state index is 0.0966. The Morgan fingerprint density at radius 2 is 1.84 bits per heavy atom. The number of hydrogen-bond donors (Lipinski definition) is 3. The number of aliphatic hydroxyl groups excluding tert-OH is 1. The van der Waals surface area contributed by atoms with Gasteiger partial charge < -0.3 is 20.5 Å². The first kappa shape index (κ1) is 17.4. The second kappa shape index (κ2) is 7.21. The van der Waals surface area contributed by atoms with Crippen molar-refractivity contribution in [2.45, 2.75) is 17.4 Å². The smallest absolute Gasteiger partial charge is 0.323 e. The van der Waals surface area contributed by atoms with E-state index in [2.05, 4.69) is 10.6 Å². The Kier molecular flexibility index (Phi) is 5.01. The van der Waals surface area contributed by atoms with Gasteiger partial charge in [0.2, 0.25) is 0 Å². The Morgan fingerprint density at radius 3 is 2.52 bits per heavy atom. The van der Waals surface area contributed by atoms with Crippen LogP contribution in [-0.4, -0.2) is 29.6 Å². The summed E-state index contributed by atoms with van der Waals surface area (Å²) in [4.78, 5) is 13.3. The maximum atomic E-state index is 12.1. The molecule has 2 aromatic carbocycles. The molecule has 0 fully saturated rings. The Bertz CT molecular complexity index is 805. The van der Waals surface area contributed by atoms with E-state index in [1.807, 2.05) is 55.7 Å². The van der Waals surface area contributed by atoms with E-state index in [0.29, 0.717) is 11.4 Å². The van der Waals surface area contributed by atoms with Gasteiger partial charge >= 0.3 is 6.03 Å². The van der Waals surface area contributed by atoms with Crippen molar-refractivity contribution >= 4 is 35.2 Å². The van der Waals surface area contributed by atoms with Gasteiger partial charge in [-0.25, -0.2) is 4.79 Å². The van der Waals surface area contributed by atoms with Crippen molar-refractivity contribution in [1.82, 2.24) is 0 Å². The molecule has 0 aliphatic carbocycles. The molecule has 0 saturated heterocycles. The largest absolute Gasteiger partial charge is 0.480 e. The fraction of sp³-hybridized carbons (Fsp3) is 0.211. The lowest BCUT2D eigenvalue weighted by atomic mass is 10.0. The van der Waals surface area contributed by atoms with Crippen molar-refractivity contribution in [2.24, 2.45) is 0 Å². The number of ether oxygens (including phenoxy) is 1. The fourth-order valence-electron chi connectivity index (χ4n) is 2.45. The first-order chi connectivity index (χ1) is 12.0. The summed E-state index contributed by atoms with van der Waals surface area (Å²) in [6, 6.07) is 12.7. The van der Waals surface area contributed by atoms with E-state index in [1.54, 1.807) is 23.9 Å². The van der Waals surface area contributed by atoms with E-state index in [1.165, 1.54) is 0 Å². The molecule has 0 aromatic heterocycles. The highest BCUT2D eigenvalue weighted by Crippen LogP contribution is 2.32. The number of thioether (sulfide) groups is 1. The van der Waals surface area contributed by atoms with Crippen molar-refractivity contribution in [2.75, 3.05) is 23.5 Å². The number of anilines is 2. The highest BCUT2D eigenvalue weighted by molar-refractivity contribution is 7.98. The van der Waals surface area contributed by atoms with Crippen LogP contribution in [0.4, 0.5) is 16.2 Å². The van der Waals surface area contributed by atoms with Gasteiger partial charge in [-0.2, -0.15) is 0 Å². The molecule has 3 rings (SSSR count). The summed E-state index contributed by atoms with van der Waals surface area (Å²) in [5.74, 6) is 0.678. The molecule has 1 heterocycles. The number of urea groups is 1. The summed E-state index contributed by atoms with van der Waals surface area (Å²) in [7, 11) is 0. The Hall–Kier alpha value is -2.44. The Balaban J connectivity index is 1.66. The Labute approximate surface area is 151 Å². The third-order valence-electron chi connectivity index (χ3n) is 3.89. The number of benzene rings is 2. The molecule has 130 valence electrons. The number of rotatable bonds is 4. The topological polar surface area (TPSA) is 70.6 Å². The minimum atomic E-state index is -0.706. The average molecular weight is 356 g/mol. The highest BCUT2D eigenvalue weighted by atomic mass is 32.2. The molecule has 1 atom stereocenters. The van der Waals surface area contributed by atoms with Crippen molar-refractivity contribution in [3.05, 3.63) is 54.1 Å². The zero-order chi connectivity index (χ0) is 17.9. The normalized spacial score (nSPS) is 18.2. The van der Waals surface area contributed by atoms with Crippen LogP contribution in [-0.2, 0) is 0 Å². The van der Waals surface area contributed by atoms with Crippen LogP contribution < -0.4 is 15.4 Å². The second-order valence-corrected chi connectivity index (χ2v) is 6.85. The minimum Gasteiger partial charge on any atom is -0.480 e. The molecule has 2 amide bonds. The van der Waals surface area contributed by atoms with Crippen LogP contribution in [0, 0.1) is 0 Å². The van der Waals surface area contributed by atoms with E-state index in [0.717, 1.165) is 16.1 Å². The molecule has 1 aliphatic rings. The third kappa shape index (κ3) is 4.15. The third-order valence-corrected chi connectivity index (χ3v) is 4.63. The second-order valence-electron chi connectivity index (χ2n) is 5.97. The number of hydrogen-bond acceptors (Lipinski definition) is 4. The van der Waals surface area contributed by atoms with Gasteiger partial charge in [0.15, 0.2) is 0 Å². The van der Waals surface area contributed by atoms with Gasteiger partial charge in [0, 0.05) is 21.8 Å². The lowest BCUT2D eigenvalue weighted by Gasteiger charge is -2.29. The van der Waals surface area contributed by atoms with Crippen molar-refractivity contribution in [3.63, 3.8) is 0 Å². The van der Waals surface area contributed by atoms with Crippen LogP contribution in [0.1, 0.15) is 12.5 Å². The molecular formula is C19H20N2O3S. The molecule has 25 heavy (non-hydrogen) atoms. The van der Waals surface area contributed by atoms with E-state index < -0.39 is 5.60 Å². The highest BCUT2D eigenvalue weighted by Gasteiger charge is 2.26. The van der Waals surface area contributed by atoms with Gasteiger partial charge in [-0.1, -0.05) is 6.08 Å². The van der Waals surface area contributed by atoms with Crippen LogP contribution in [0.5, 0.6) is 5.75 Å². The predicted octanol–water partition coefficient (Wildman–Crippen LogP) is 4.21. The Morgan fingerprint density at radius 1 is 1.16 bits per heavy atom. The molecule has 1 aliphatic heterocycles. The number of aliphatic hydroxyl groups is 1. The summed E-state index contributed by atoms with van der Waals surface area (Å²) in [6.45, 7) is 1.72. The summed E-state index contributed by atoms with van der Waals surface area (Å²) >= 11 is 1.65. The zero-order valence-corrected chi connectivity index (χ0v) is 14.9. The number of carbonyl (C=O) groups is 1. The maximum absolute atomic E-state index is 12.1. The van der Waals surface area contributed by atoms with Gasteiger partial charge in [-0.05, 0) is 61.7 Å². The molecule has 5 nitrogen and oxygen atoms in total. The summed E-state index contributed by atoms with van der Waals surface area (Å²) in [5.41, 5.74) is 1.54. The van der Waals surface area contributed by atoms with Crippen LogP contribution in [0.15, 0.2) is 53.4 Å². The van der Waals surface area contributed by atoms with Crippen LogP contribution >= 0.6 is 11.8 Å². The van der Waals surface area contributed by atoms with Crippen LogP contribution in [0.25, 0.3) is 6.08 Å². The van der Waals surface area contributed by atoms with Crippen LogP contribution in [0.2, 0.25) is 0 Å². The van der Waals surface area contributed by atoms with E-state index in [-0.39, 0.29) is 12.6 Å². The molecule has 1 unspecified atom stereocenters. The van der Waals surface area contributed by atoms with Gasteiger partial charge in [0.1, 0.15) is 11.4 Å². The first-order valence-electron chi connectivity index (χ1n) is 7.86. The molecule has 0 saturated carbocycles. The number of fused-ring (bicyclic) bond motifs is 1. The SMILES string of the molecule is CSc1ccc(NC(=O)Nc2ccc3c(c2)C=CC(C)(CO)O3)cc1. The predicted molar refractivity (Wildman–Crippen MR) is 102 cm³/mol. The van der Waals surface area contributed by atoms with Crippen molar-refractivity contribution in [1.29, 1.82) is 0 Å². The molecular weight excluding hydrogens is 336 g/mol. The lowest BCUT2D eigenvalue weighted by Crippen LogP contribution is -2.35. The summed E-state index contributed by atoms with van der Waals surface area (Å²) in [5, 5.41) is 15.0. The maximum Gasteiger partial charge on any atom is 0.323 e. The molecule has 2 aromatic rings. The molecule has 3 N–H and O–H groups in total. The van der Waals surface area contributed by atoms with Gasteiger partial charge in [0.25, 0.3) is 0 Å². The monoisotopic (exact) mass is 356 g/mol. The number of carbonyl (C=O) groups excluding carboxylic acids is 1. The summed E-state index contributed by atoms with van der Waals surface area (Å²) in [6.07, 6.45) is 5.71. The van der Waals surface area contributed by atoms with E-state index >= 15 is 0 Å². The number of nitrogens with one attached hydrogen (secondary N) is 2. The van der Waals surface area contributed by atoms with Gasteiger partial charge in [-0.15, -0.1) is 11.8 Å². The van der Waals surface area contributed by atoms with E-state index in [4.69, 9.17) is 4.74 Å². The van der Waals surface area contributed by atoms with Crippen molar-refractivity contribution < 1.29 is 14.6 Å². The molecule has 0 bridgehead atoms. The van der Waals surface area contributed by atoms with Crippen molar-refractivity contribution in [3.8, 4) is 5.75 Å². The molecule has 0 radical (unpaired) electrons. The summed E-state index contributed by atoms with van der Waals surface area (Å²) < 4.78 is 5.78. The number of amides is 2. The van der Waals surface area contributed by atoms with Gasteiger partial charge in [-0.3, -0.25) is 0 Å². The molecule has 6 heteroatoms. The van der Waals surface area contributed by atoms with Crippen LogP contribution in [0.3, 0.4) is 0 Å². The quantitative estimate of drug-likeness (QED) is 0.718. The molecule has 0 spiro atoms. The lowest BCUT2D eigenvalue weighted by molar-refractivity contribution is 0.0641. The fourth-order valence-corrected chi connectivity index (χ4v) is 2.86. The zero-order valence-electron chi connectivity index (χ0n) is 14.1. The first-order valence-corrected chi connectivity index (χ1v) is 9.09. The standard InChI is InChI=1S/C19H20N2O3S/c1-19(12-22)10-9-13-11-15(5-8-17(13)24-19)21-18(23)20-14-3-6-16(25-2)7-4-14/h3-11,22H,12H2,1-2H3,(H2,20,21,23). The van der Waals surface area contributed by atoms with E-state index in [9.17, 15) is 9.90 Å². The average Bonchev–Trinajstić information content (AvgIpc) is 2.62. The van der Waals surface area contributed by atoms with Gasteiger partial charge in [0.05, 0.1) is 6.61 Å².